The molecule has 1 saturated carbocycles. The van der Waals surface area contributed by atoms with Crippen LogP contribution in [0.1, 0.15) is 25.3 Å². The van der Waals surface area contributed by atoms with Gasteiger partial charge >= 0.3 is 0 Å². The average molecular weight is 191 g/mol. The molecule has 0 amide bonds. The van der Waals surface area contributed by atoms with Crippen LogP contribution in [0.5, 0.6) is 0 Å². The van der Waals surface area contributed by atoms with Gasteiger partial charge in [0.05, 0.1) is 5.60 Å². The quantitative estimate of drug-likeness (QED) is 0.758. The summed E-state index contributed by atoms with van der Waals surface area (Å²) in [6, 6.07) is 10.5. The molecule has 2 rings (SSSR count). The standard InChI is InChI=1S/C12H17NO/c1-12(14,9-13-11-7-8-11)10-5-3-2-4-6-10/h2-6,11,13-14H,7-9H2,1H3. The van der Waals surface area contributed by atoms with Gasteiger partial charge < -0.3 is 10.4 Å². The number of hydrogen-bond donors (Lipinski definition) is 2. The summed E-state index contributed by atoms with van der Waals surface area (Å²) in [6.07, 6.45) is 2.51. The van der Waals surface area contributed by atoms with Gasteiger partial charge in [-0.3, -0.25) is 0 Å². The second-order valence-corrected chi connectivity index (χ2v) is 4.30. The molecule has 0 saturated heterocycles. The van der Waals surface area contributed by atoms with Crippen molar-refractivity contribution in [1.29, 1.82) is 0 Å². The highest BCUT2D eigenvalue weighted by atomic mass is 16.3. The molecule has 0 aliphatic heterocycles. The van der Waals surface area contributed by atoms with E-state index in [-0.39, 0.29) is 0 Å². The highest BCUT2D eigenvalue weighted by molar-refractivity contribution is 5.21. The van der Waals surface area contributed by atoms with Gasteiger partial charge in [-0.15, -0.1) is 0 Å². The van der Waals surface area contributed by atoms with Gasteiger partial charge in [0.15, 0.2) is 0 Å². The van der Waals surface area contributed by atoms with Crippen LogP contribution in [-0.2, 0) is 5.60 Å². The molecule has 1 unspecified atom stereocenters. The number of hydrogen-bond acceptors (Lipinski definition) is 2. The fraction of sp³-hybridized carbons (Fsp3) is 0.500. The highest BCUT2D eigenvalue weighted by Crippen LogP contribution is 2.23. The monoisotopic (exact) mass is 191 g/mol. The van der Waals surface area contributed by atoms with E-state index in [1.807, 2.05) is 37.3 Å². The lowest BCUT2D eigenvalue weighted by Gasteiger charge is -2.24. The molecule has 14 heavy (non-hydrogen) atoms. The zero-order valence-electron chi connectivity index (χ0n) is 8.53. The molecule has 1 aliphatic carbocycles. The lowest BCUT2D eigenvalue weighted by atomic mass is 9.96. The number of benzene rings is 1. The first-order valence-electron chi connectivity index (χ1n) is 5.20. The van der Waals surface area contributed by atoms with Crippen molar-refractivity contribution in [1.82, 2.24) is 5.32 Å². The predicted molar refractivity (Wildman–Crippen MR) is 57.0 cm³/mol. The molecule has 2 N–H and O–H groups in total. The van der Waals surface area contributed by atoms with E-state index >= 15 is 0 Å². The Hall–Kier alpha value is -0.860. The molecule has 1 aliphatic rings. The lowest BCUT2D eigenvalue weighted by Crippen LogP contribution is -2.36. The highest BCUT2D eigenvalue weighted by Gasteiger charge is 2.27. The third kappa shape index (κ3) is 2.34. The summed E-state index contributed by atoms with van der Waals surface area (Å²) in [6.45, 7) is 2.50. The van der Waals surface area contributed by atoms with Crippen LogP contribution in [0, 0.1) is 0 Å². The van der Waals surface area contributed by atoms with Gasteiger partial charge in [-0.1, -0.05) is 30.3 Å². The zero-order chi connectivity index (χ0) is 10.0. The molecular weight excluding hydrogens is 174 g/mol. The first-order valence-corrected chi connectivity index (χ1v) is 5.20. The molecule has 0 heterocycles. The van der Waals surface area contributed by atoms with Crippen LogP contribution in [0.15, 0.2) is 30.3 Å². The molecule has 2 nitrogen and oxygen atoms in total. The molecule has 0 bridgehead atoms. The van der Waals surface area contributed by atoms with E-state index in [4.69, 9.17) is 0 Å². The predicted octanol–water partition coefficient (Wildman–Crippen LogP) is 1.65. The summed E-state index contributed by atoms with van der Waals surface area (Å²) in [4.78, 5) is 0. The minimum atomic E-state index is -0.746. The van der Waals surface area contributed by atoms with E-state index in [2.05, 4.69) is 5.32 Å². The first-order chi connectivity index (χ1) is 6.68. The molecule has 1 aromatic carbocycles. The van der Waals surface area contributed by atoms with Crippen LogP contribution >= 0.6 is 0 Å². The first kappa shape index (κ1) is 9.69. The van der Waals surface area contributed by atoms with Crippen molar-refractivity contribution < 1.29 is 5.11 Å². The van der Waals surface area contributed by atoms with E-state index in [1.54, 1.807) is 0 Å². The van der Waals surface area contributed by atoms with Crippen LogP contribution in [-0.4, -0.2) is 17.7 Å². The van der Waals surface area contributed by atoms with E-state index in [1.165, 1.54) is 12.8 Å². The fourth-order valence-corrected chi connectivity index (χ4v) is 1.53. The summed E-state index contributed by atoms with van der Waals surface area (Å²) in [7, 11) is 0. The SMILES string of the molecule is CC(O)(CNC1CC1)c1ccccc1. The second-order valence-electron chi connectivity index (χ2n) is 4.30. The van der Waals surface area contributed by atoms with Crippen molar-refractivity contribution in [3.63, 3.8) is 0 Å². The molecule has 76 valence electrons. The van der Waals surface area contributed by atoms with Crippen LogP contribution in [0.3, 0.4) is 0 Å². The molecular formula is C12H17NO. The van der Waals surface area contributed by atoms with Crippen molar-refractivity contribution in [2.24, 2.45) is 0 Å². The molecule has 0 spiro atoms. The van der Waals surface area contributed by atoms with Gasteiger partial charge in [-0.05, 0) is 25.3 Å². The van der Waals surface area contributed by atoms with Gasteiger partial charge in [0.1, 0.15) is 0 Å². The fourth-order valence-electron chi connectivity index (χ4n) is 1.53. The van der Waals surface area contributed by atoms with E-state index in [0.29, 0.717) is 12.6 Å². The third-order valence-electron chi connectivity index (χ3n) is 2.71. The Labute approximate surface area is 85.0 Å². The van der Waals surface area contributed by atoms with Crippen molar-refractivity contribution in [3.05, 3.63) is 35.9 Å². The summed E-state index contributed by atoms with van der Waals surface area (Å²) >= 11 is 0. The second kappa shape index (κ2) is 3.71. The Morgan fingerprint density at radius 2 is 2.00 bits per heavy atom. The zero-order valence-corrected chi connectivity index (χ0v) is 8.53. The van der Waals surface area contributed by atoms with Gasteiger partial charge in [-0.25, -0.2) is 0 Å². The maximum atomic E-state index is 10.2. The number of nitrogens with one attached hydrogen (secondary N) is 1. The topological polar surface area (TPSA) is 32.3 Å². The minimum Gasteiger partial charge on any atom is -0.384 e. The maximum Gasteiger partial charge on any atom is 0.0992 e. The van der Waals surface area contributed by atoms with Crippen molar-refractivity contribution in [3.8, 4) is 0 Å². The summed E-state index contributed by atoms with van der Waals surface area (Å²) in [5, 5.41) is 13.5. The van der Waals surface area contributed by atoms with Gasteiger partial charge in [0.25, 0.3) is 0 Å². The summed E-state index contributed by atoms with van der Waals surface area (Å²) < 4.78 is 0. The van der Waals surface area contributed by atoms with Crippen LogP contribution in [0.4, 0.5) is 0 Å². The summed E-state index contributed by atoms with van der Waals surface area (Å²) in [5.74, 6) is 0. The molecule has 2 heteroatoms. The maximum absolute atomic E-state index is 10.2. The Bertz CT molecular complexity index is 290. The van der Waals surface area contributed by atoms with E-state index in [0.717, 1.165) is 5.56 Å². The van der Waals surface area contributed by atoms with Crippen molar-refractivity contribution in [2.45, 2.75) is 31.4 Å². The van der Waals surface area contributed by atoms with Gasteiger partial charge in [0.2, 0.25) is 0 Å². The Balaban J connectivity index is 1.99. The average Bonchev–Trinajstić information content (AvgIpc) is 3.00. The lowest BCUT2D eigenvalue weighted by molar-refractivity contribution is 0.0566. The van der Waals surface area contributed by atoms with Gasteiger partial charge in [-0.2, -0.15) is 0 Å². The van der Waals surface area contributed by atoms with E-state index in [9.17, 15) is 5.11 Å². The minimum absolute atomic E-state index is 0.641. The molecule has 1 aromatic rings. The largest absolute Gasteiger partial charge is 0.384 e. The Morgan fingerprint density at radius 3 is 2.57 bits per heavy atom. The number of rotatable bonds is 4. The Kier molecular flexibility index (Phi) is 2.57. The number of aliphatic hydroxyl groups is 1. The van der Waals surface area contributed by atoms with Crippen LogP contribution < -0.4 is 5.32 Å². The van der Waals surface area contributed by atoms with Gasteiger partial charge in [0, 0.05) is 12.6 Å². The molecule has 1 fully saturated rings. The third-order valence-corrected chi connectivity index (χ3v) is 2.71. The van der Waals surface area contributed by atoms with E-state index < -0.39 is 5.60 Å². The normalized spacial score (nSPS) is 20.4. The molecule has 1 atom stereocenters. The Morgan fingerprint density at radius 1 is 1.36 bits per heavy atom. The van der Waals surface area contributed by atoms with Crippen LogP contribution in [0.2, 0.25) is 0 Å². The smallest absolute Gasteiger partial charge is 0.0992 e. The van der Waals surface area contributed by atoms with Crippen LogP contribution in [0.25, 0.3) is 0 Å². The van der Waals surface area contributed by atoms with Crippen molar-refractivity contribution >= 4 is 0 Å². The summed E-state index contributed by atoms with van der Waals surface area (Å²) in [5.41, 5.74) is 0.234. The molecule has 0 radical (unpaired) electrons. The van der Waals surface area contributed by atoms with Crippen molar-refractivity contribution in [2.75, 3.05) is 6.54 Å². The molecule has 0 aromatic heterocycles.